The first-order valence-electron chi connectivity index (χ1n) is 11.2. The lowest BCUT2D eigenvalue weighted by Crippen LogP contribution is -2.15. The van der Waals surface area contributed by atoms with Gasteiger partial charge in [0.05, 0.1) is 42.1 Å². The molecule has 4 aromatic rings. The number of aromatic nitrogens is 3. The maximum absolute atomic E-state index is 12.6. The second-order valence-corrected chi connectivity index (χ2v) is 9.57. The lowest BCUT2D eigenvalue weighted by atomic mass is 10.3. The number of aryl methyl sites for hydroxylation is 1. The van der Waals surface area contributed by atoms with E-state index in [1.165, 1.54) is 23.1 Å². The van der Waals surface area contributed by atoms with Crippen molar-refractivity contribution in [1.82, 2.24) is 14.5 Å². The topological polar surface area (TPSA) is 95.3 Å². The average molecular weight is 511 g/mol. The molecule has 0 radical (unpaired) electrons. The van der Waals surface area contributed by atoms with Crippen LogP contribution in [0.15, 0.2) is 59.8 Å². The molecular formula is C25H26N4O4S2. The van der Waals surface area contributed by atoms with Crippen LogP contribution in [0.4, 0.5) is 5.13 Å². The van der Waals surface area contributed by atoms with Crippen LogP contribution in [-0.4, -0.2) is 45.4 Å². The molecule has 1 N–H and O–H groups in total. The molecule has 4 rings (SSSR count). The summed E-state index contributed by atoms with van der Waals surface area (Å²) in [6.07, 6.45) is 0.150. The number of hydrogen-bond acceptors (Lipinski definition) is 8. The number of thioether (sulfide) groups is 1. The zero-order valence-electron chi connectivity index (χ0n) is 19.5. The molecule has 2 heterocycles. The molecule has 0 fully saturated rings. The van der Waals surface area contributed by atoms with E-state index in [1.807, 2.05) is 61.5 Å². The van der Waals surface area contributed by atoms with E-state index < -0.39 is 0 Å². The number of para-hydroxylation sites is 3. The minimum Gasteiger partial charge on any atom is -0.492 e. The van der Waals surface area contributed by atoms with Crippen molar-refractivity contribution >= 4 is 51.1 Å². The first kappa shape index (κ1) is 24.7. The average Bonchev–Trinajstić information content (AvgIpc) is 3.37. The zero-order chi connectivity index (χ0) is 24.6. The van der Waals surface area contributed by atoms with Crippen LogP contribution in [-0.2, 0) is 27.3 Å². The number of benzene rings is 2. The van der Waals surface area contributed by atoms with E-state index in [2.05, 4.69) is 14.9 Å². The van der Waals surface area contributed by atoms with E-state index in [-0.39, 0.29) is 24.1 Å². The standard InChI is InChI=1S/C25H26N4O4S2/c1-3-32-23(31)15-21-17(2)26-24(35-21)28-22(30)16-34-25-27-19-11-7-8-12-20(19)29(25)13-14-33-18-9-5-4-6-10-18/h4-12H,3,13-16H2,1-2H3,(H,26,28,30). The highest BCUT2D eigenvalue weighted by molar-refractivity contribution is 7.99. The number of amides is 1. The van der Waals surface area contributed by atoms with Crippen LogP contribution in [0.3, 0.4) is 0 Å². The van der Waals surface area contributed by atoms with E-state index in [1.54, 1.807) is 6.92 Å². The van der Waals surface area contributed by atoms with Crippen LogP contribution < -0.4 is 10.1 Å². The second-order valence-electron chi connectivity index (χ2n) is 7.54. The van der Waals surface area contributed by atoms with Gasteiger partial charge in [-0.3, -0.25) is 9.59 Å². The predicted octanol–water partition coefficient (Wildman–Crippen LogP) is 4.72. The molecule has 0 aliphatic carbocycles. The van der Waals surface area contributed by atoms with Crippen LogP contribution in [0, 0.1) is 6.92 Å². The fraction of sp³-hybridized carbons (Fsp3) is 0.280. The lowest BCUT2D eigenvalue weighted by Gasteiger charge is -2.10. The van der Waals surface area contributed by atoms with E-state index in [4.69, 9.17) is 14.5 Å². The molecule has 0 spiro atoms. The third-order valence-electron chi connectivity index (χ3n) is 5.03. The number of hydrogen-bond donors (Lipinski definition) is 1. The summed E-state index contributed by atoms with van der Waals surface area (Å²) in [4.78, 5) is 34.3. The molecule has 35 heavy (non-hydrogen) atoms. The molecule has 10 heteroatoms. The Bertz CT molecular complexity index is 1300. The van der Waals surface area contributed by atoms with Gasteiger partial charge in [-0.15, -0.1) is 11.3 Å². The van der Waals surface area contributed by atoms with Gasteiger partial charge in [0.1, 0.15) is 12.4 Å². The van der Waals surface area contributed by atoms with Gasteiger partial charge in [0.2, 0.25) is 5.91 Å². The zero-order valence-corrected chi connectivity index (χ0v) is 21.2. The van der Waals surface area contributed by atoms with E-state index in [0.717, 1.165) is 26.8 Å². The lowest BCUT2D eigenvalue weighted by molar-refractivity contribution is -0.142. The van der Waals surface area contributed by atoms with Crippen molar-refractivity contribution in [3.63, 3.8) is 0 Å². The van der Waals surface area contributed by atoms with Crippen LogP contribution >= 0.6 is 23.1 Å². The molecule has 0 aliphatic rings. The van der Waals surface area contributed by atoms with Gasteiger partial charge < -0.3 is 19.4 Å². The minimum atomic E-state index is -0.303. The number of thiazole rings is 1. The fourth-order valence-electron chi connectivity index (χ4n) is 3.43. The molecule has 0 saturated heterocycles. The summed E-state index contributed by atoms with van der Waals surface area (Å²) >= 11 is 2.65. The first-order valence-corrected chi connectivity index (χ1v) is 13.0. The summed E-state index contributed by atoms with van der Waals surface area (Å²) in [5.41, 5.74) is 2.58. The Hall–Kier alpha value is -3.37. The highest BCUT2D eigenvalue weighted by atomic mass is 32.2. The summed E-state index contributed by atoms with van der Waals surface area (Å²) in [6.45, 7) is 5.00. The van der Waals surface area contributed by atoms with Crippen LogP contribution in [0.1, 0.15) is 17.5 Å². The normalized spacial score (nSPS) is 10.9. The molecule has 2 aromatic carbocycles. The van der Waals surface area contributed by atoms with Crippen molar-refractivity contribution in [2.45, 2.75) is 32.0 Å². The Morgan fingerprint density at radius 3 is 2.66 bits per heavy atom. The van der Waals surface area contributed by atoms with E-state index >= 15 is 0 Å². The number of carbonyl (C=O) groups excluding carboxylic acids is 2. The fourth-order valence-corrected chi connectivity index (χ4v) is 5.23. The monoisotopic (exact) mass is 510 g/mol. The number of imidazole rings is 1. The first-order chi connectivity index (χ1) is 17.0. The van der Waals surface area contributed by atoms with Crippen molar-refractivity contribution in [2.75, 3.05) is 24.3 Å². The third kappa shape index (κ3) is 6.61. The van der Waals surface area contributed by atoms with Crippen molar-refractivity contribution in [1.29, 1.82) is 0 Å². The summed E-state index contributed by atoms with van der Waals surface area (Å²) < 4.78 is 12.9. The Kier molecular flexibility index (Phi) is 8.38. The molecule has 0 aliphatic heterocycles. The number of ether oxygens (including phenoxy) is 2. The number of nitrogens with one attached hydrogen (secondary N) is 1. The molecular weight excluding hydrogens is 484 g/mol. The molecule has 0 atom stereocenters. The number of carbonyl (C=O) groups is 2. The molecule has 182 valence electrons. The van der Waals surface area contributed by atoms with Crippen LogP contribution in [0.5, 0.6) is 5.75 Å². The number of nitrogens with zero attached hydrogens (tertiary/aromatic N) is 3. The van der Waals surface area contributed by atoms with E-state index in [9.17, 15) is 9.59 Å². The van der Waals surface area contributed by atoms with Crippen LogP contribution in [0.2, 0.25) is 0 Å². The summed E-state index contributed by atoms with van der Waals surface area (Å²) in [5, 5.41) is 4.05. The van der Waals surface area contributed by atoms with Gasteiger partial charge in [0, 0.05) is 4.88 Å². The van der Waals surface area contributed by atoms with Gasteiger partial charge >= 0.3 is 5.97 Å². The van der Waals surface area contributed by atoms with Gasteiger partial charge in [-0.2, -0.15) is 0 Å². The van der Waals surface area contributed by atoms with Crippen LogP contribution in [0.25, 0.3) is 11.0 Å². The number of rotatable bonds is 11. The van der Waals surface area contributed by atoms with Crippen molar-refractivity contribution in [3.8, 4) is 5.75 Å². The molecule has 0 unspecified atom stereocenters. The van der Waals surface area contributed by atoms with Crippen molar-refractivity contribution in [3.05, 3.63) is 65.2 Å². The number of esters is 1. The maximum atomic E-state index is 12.6. The Labute approximate surface area is 211 Å². The minimum absolute atomic E-state index is 0.150. The second kappa shape index (κ2) is 11.9. The molecule has 0 bridgehead atoms. The van der Waals surface area contributed by atoms with Crippen molar-refractivity contribution in [2.24, 2.45) is 0 Å². The van der Waals surface area contributed by atoms with Gasteiger partial charge in [0.15, 0.2) is 10.3 Å². The van der Waals surface area contributed by atoms with Crippen molar-refractivity contribution < 1.29 is 19.1 Å². The molecule has 8 nitrogen and oxygen atoms in total. The van der Waals surface area contributed by atoms with Gasteiger partial charge in [0.25, 0.3) is 0 Å². The Balaban J connectivity index is 1.38. The SMILES string of the molecule is CCOC(=O)Cc1sc(NC(=O)CSc2nc3ccccc3n2CCOc2ccccc2)nc1C. The Morgan fingerprint density at radius 2 is 1.86 bits per heavy atom. The third-order valence-corrected chi connectivity index (χ3v) is 7.08. The Morgan fingerprint density at radius 1 is 1.09 bits per heavy atom. The van der Waals surface area contributed by atoms with Gasteiger partial charge in [-0.05, 0) is 38.1 Å². The van der Waals surface area contributed by atoms with E-state index in [0.29, 0.717) is 30.6 Å². The van der Waals surface area contributed by atoms with Gasteiger partial charge in [-0.25, -0.2) is 9.97 Å². The number of fused-ring (bicyclic) bond motifs is 1. The summed E-state index contributed by atoms with van der Waals surface area (Å²) in [6, 6.07) is 17.5. The number of anilines is 1. The summed E-state index contributed by atoms with van der Waals surface area (Å²) in [7, 11) is 0. The molecule has 2 aromatic heterocycles. The summed E-state index contributed by atoms with van der Waals surface area (Å²) in [5.74, 6) is 0.495. The molecule has 0 saturated carbocycles. The molecule has 1 amide bonds. The smallest absolute Gasteiger partial charge is 0.311 e. The highest BCUT2D eigenvalue weighted by Crippen LogP contribution is 2.26. The largest absolute Gasteiger partial charge is 0.492 e. The highest BCUT2D eigenvalue weighted by Gasteiger charge is 2.16. The quantitative estimate of drug-likeness (QED) is 0.230. The maximum Gasteiger partial charge on any atom is 0.311 e. The predicted molar refractivity (Wildman–Crippen MR) is 138 cm³/mol. The van der Waals surface area contributed by atoms with Gasteiger partial charge in [-0.1, -0.05) is 42.1 Å².